The molecule has 2 nitrogen and oxygen atoms in total. The van der Waals surface area contributed by atoms with Crippen LogP contribution in [-0.2, 0) is 0 Å². The first kappa shape index (κ1) is 8.33. The monoisotopic (exact) mass is 239 g/mol. The lowest BCUT2D eigenvalue weighted by atomic mass is 10.2. The van der Waals surface area contributed by atoms with E-state index in [4.69, 9.17) is 12.5 Å². The average Bonchev–Trinajstić information content (AvgIpc) is 2.20. The maximum Gasteiger partial charge on any atom is 0.153 e. The Kier molecular flexibility index (Phi) is 3.00. The van der Waals surface area contributed by atoms with Crippen LogP contribution in [0.15, 0.2) is 22.6 Å². The highest BCUT2D eigenvalue weighted by Gasteiger charge is 2.05. The summed E-state index contributed by atoms with van der Waals surface area (Å²) in [5.41, 5.74) is 0.378. The van der Waals surface area contributed by atoms with Gasteiger partial charge in [0.2, 0.25) is 0 Å². The molecule has 0 amide bonds. The second-order valence-electron chi connectivity index (χ2n) is 2.19. The zero-order valence-corrected chi connectivity index (χ0v) is 8.30. The van der Waals surface area contributed by atoms with Crippen molar-refractivity contribution in [2.24, 2.45) is 0 Å². The van der Waals surface area contributed by atoms with E-state index in [9.17, 15) is 4.79 Å². The molecule has 0 N–H and O–H groups in total. The quantitative estimate of drug-likeness (QED) is 0.598. The number of carbonyl (C=O) groups is 1. The van der Waals surface area contributed by atoms with Gasteiger partial charge in [-0.3, -0.25) is 4.79 Å². The molecule has 1 aromatic rings. The Morgan fingerprint density at radius 3 is 3.23 bits per heavy atom. The van der Waals surface area contributed by atoms with E-state index in [0.717, 1.165) is 0 Å². The van der Waals surface area contributed by atoms with Gasteiger partial charge in [-0.25, -0.2) is 0 Å². The molecule has 0 aliphatic carbocycles. The third kappa shape index (κ3) is 2.33. The van der Waals surface area contributed by atoms with Gasteiger partial charge in [-0.05, 0) is 28.0 Å². The SMILES string of the molecule is [2H]c1ccc(C=O)c(OCC#C)c1Br. The number of aldehydes is 1. The first-order valence-electron chi connectivity index (χ1n) is 4.01. The van der Waals surface area contributed by atoms with Crippen LogP contribution >= 0.6 is 15.9 Å². The highest BCUT2D eigenvalue weighted by atomic mass is 79.9. The van der Waals surface area contributed by atoms with Crippen LogP contribution in [0.5, 0.6) is 5.75 Å². The topological polar surface area (TPSA) is 26.3 Å². The molecular weight excluding hydrogens is 232 g/mol. The minimum absolute atomic E-state index is 0.0723. The van der Waals surface area contributed by atoms with Crippen molar-refractivity contribution in [3.8, 4) is 18.1 Å². The van der Waals surface area contributed by atoms with Gasteiger partial charge < -0.3 is 4.74 Å². The zero-order chi connectivity index (χ0) is 10.6. The fourth-order valence-corrected chi connectivity index (χ4v) is 1.30. The fraction of sp³-hybridized carbons (Fsp3) is 0.100. The number of terminal acetylenes is 1. The average molecular weight is 240 g/mol. The van der Waals surface area contributed by atoms with Crippen molar-refractivity contribution in [2.45, 2.75) is 0 Å². The number of rotatable bonds is 3. The highest BCUT2D eigenvalue weighted by molar-refractivity contribution is 9.10. The van der Waals surface area contributed by atoms with Gasteiger partial charge in [0.05, 0.1) is 11.4 Å². The van der Waals surface area contributed by atoms with Crippen molar-refractivity contribution >= 4 is 22.2 Å². The third-order valence-corrected chi connectivity index (χ3v) is 1.95. The Labute approximate surface area is 86.4 Å². The fourth-order valence-electron chi connectivity index (χ4n) is 0.826. The Morgan fingerprint density at radius 1 is 1.85 bits per heavy atom. The summed E-state index contributed by atoms with van der Waals surface area (Å²) in [6, 6.07) is 3.28. The van der Waals surface area contributed by atoms with Crippen molar-refractivity contribution < 1.29 is 10.9 Å². The number of hydrogen-bond donors (Lipinski definition) is 0. The summed E-state index contributed by atoms with van der Waals surface area (Å²) < 4.78 is 13.1. The predicted molar refractivity (Wildman–Crippen MR) is 53.9 cm³/mol. The van der Waals surface area contributed by atoms with Crippen LogP contribution in [0, 0.1) is 12.3 Å². The molecule has 1 rings (SSSR count). The summed E-state index contributed by atoms with van der Waals surface area (Å²) >= 11 is 3.16. The van der Waals surface area contributed by atoms with Gasteiger partial charge >= 0.3 is 0 Å². The van der Waals surface area contributed by atoms with Crippen LogP contribution in [-0.4, -0.2) is 12.9 Å². The molecule has 0 unspecified atom stereocenters. The van der Waals surface area contributed by atoms with E-state index in [-0.39, 0.29) is 12.6 Å². The Hall–Kier alpha value is -1.27. The summed E-state index contributed by atoms with van der Waals surface area (Å²) in [4.78, 5) is 10.6. The number of benzene rings is 1. The lowest BCUT2D eigenvalue weighted by Crippen LogP contribution is -1.97. The standard InChI is InChI=1S/C10H7BrO2/c1-2-6-13-10-8(7-12)4-3-5-9(10)11/h1,3-5,7H,6H2/i5D. The maximum atomic E-state index is 10.6. The molecule has 0 fully saturated rings. The molecule has 0 aliphatic heterocycles. The predicted octanol–water partition coefficient (Wildman–Crippen LogP) is 2.27. The van der Waals surface area contributed by atoms with E-state index in [1.54, 1.807) is 0 Å². The number of para-hydroxylation sites is 1. The van der Waals surface area contributed by atoms with Gasteiger partial charge in [-0.15, -0.1) is 6.42 Å². The molecule has 0 saturated carbocycles. The molecule has 66 valence electrons. The number of ether oxygens (including phenoxy) is 1. The van der Waals surface area contributed by atoms with Crippen LogP contribution in [0.25, 0.3) is 0 Å². The van der Waals surface area contributed by atoms with E-state index >= 15 is 0 Å². The number of carbonyl (C=O) groups excluding carboxylic acids is 1. The van der Waals surface area contributed by atoms with Gasteiger partial charge in [-0.1, -0.05) is 12.0 Å². The van der Waals surface area contributed by atoms with E-state index in [1.807, 2.05) is 0 Å². The van der Waals surface area contributed by atoms with Crippen LogP contribution in [0.2, 0.25) is 0 Å². The molecule has 0 aliphatic rings. The highest BCUT2D eigenvalue weighted by Crippen LogP contribution is 2.27. The summed E-state index contributed by atoms with van der Waals surface area (Å²) in [6.07, 6.45) is 5.69. The van der Waals surface area contributed by atoms with Crippen molar-refractivity contribution in [1.82, 2.24) is 0 Å². The summed E-state index contributed by atoms with van der Waals surface area (Å²) in [5.74, 6) is 2.62. The van der Waals surface area contributed by atoms with Gasteiger partial charge in [0, 0.05) is 0 Å². The molecular formula is C10H7BrO2. The Balaban J connectivity index is 3.15. The van der Waals surface area contributed by atoms with E-state index in [2.05, 4.69) is 21.9 Å². The molecule has 0 atom stereocenters. The van der Waals surface area contributed by atoms with Gasteiger partial charge in [0.15, 0.2) is 6.29 Å². The number of halogens is 1. The van der Waals surface area contributed by atoms with E-state index in [0.29, 0.717) is 22.1 Å². The van der Waals surface area contributed by atoms with Crippen molar-refractivity contribution in [2.75, 3.05) is 6.61 Å². The second kappa shape index (κ2) is 4.68. The molecule has 0 bridgehead atoms. The largest absolute Gasteiger partial charge is 0.479 e. The molecule has 1 aromatic carbocycles. The third-order valence-electron chi connectivity index (χ3n) is 1.36. The molecule has 0 spiro atoms. The van der Waals surface area contributed by atoms with Crippen LogP contribution < -0.4 is 4.74 Å². The van der Waals surface area contributed by atoms with Gasteiger partial charge in [0.1, 0.15) is 12.4 Å². The summed E-state index contributed by atoms with van der Waals surface area (Å²) in [7, 11) is 0. The summed E-state index contributed by atoms with van der Waals surface area (Å²) in [6.45, 7) is 0.0723. The Morgan fingerprint density at radius 2 is 2.62 bits per heavy atom. The smallest absolute Gasteiger partial charge is 0.153 e. The lowest BCUT2D eigenvalue weighted by molar-refractivity contribution is 0.112. The van der Waals surface area contributed by atoms with Gasteiger partial charge in [-0.2, -0.15) is 0 Å². The van der Waals surface area contributed by atoms with Crippen molar-refractivity contribution in [3.05, 3.63) is 28.2 Å². The van der Waals surface area contributed by atoms with Crippen molar-refractivity contribution in [3.63, 3.8) is 0 Å². The minimum atomic E-state index is 0.0723. The molecule has 0 heterocycles. The zero-order valence-electron chi connectivity index (χ0n) is 7.71. The summed E-state index contributed by atoms with van der Waals surface area (Å²) in [5, 5.41) is 0. The van der Waals surface area contributed by atoms with Crippen LogP contribution in [0.4, 0.5) is 0 Å². The van der Waals surface area contributed by atoms with E-state index < -0.39 is 0 Å². The first-order valence-corrected chi connectivity index (χ1v) is 4.30. The Bertz CT molecular complexity index is 396. The van der Waals surface area contributed by atoms with E-state index in [1.165, 1.54) is 12.1 Å². The molecule has 0 saturated heterocycles. The van der Waals surface area contributed by atoms with Crippen LogP contribution in [0.3, 0.4) is 0 Å². The van der Waals surface area contributed by atoms with Gasteiger partial charge in [0.25, 0.3) is 0 Å². The molecule has 0 aromatic heterocycles. The first-order chi connectivity index (χ1) is 6.70. The van der Waals surface area contributed by atoms with Crippen molar-refractivity contribution in [1.29, 1.82) is 0 Å². The maximum absolute atomic E-state index is 10.6. The molecule has 13 heavy (non-hydrogen) atoms. The van der Waals surface area contributed by atoms with Crippen LogP contribution in [0.1, 0.15) is 11.7 Å². The molecule has 0 radical (unpaired) electrons. The number of hydrogen-bond acceptors (Lipinski definition) is 2. The minimum Gasteiger partial charge on any atom is -0.479 e. The lowest BCUT2D eigenvalue weighted by Gasteiger charge is -2.06. The molecule has 3 heteroatoms. The normalized spacial score (nSPS) is 10.0. The second-order valence-corrected chi connectivity index (χ2v) is 2.98.